The second-order valence-electron chi connectivity index (χ2n) is 6.85. The smallest absolute Gasteiger partial charge is 0.269 e. The van der Waals surface area contributed by atoms with E-state index in [1.165, 1.54) is 18.5 Å². The maximum absolute atomic E-state index is 10.7. The Morgan fingerprint density at radius 2 is 2.10 bits per heavy atom. The molecule has 4 rings (SSSR count). The second kappa shape index (κ2) is 8.18. The number of nitrogen functional groups attached to an aromatic ring is 1. The quantitative estimate of drug-likeness (QED) is 0.365. The molecule has 0 radical (unpaired) electrons. The van der Waals surface area contributed by atoms with Gasteiger partial charge in [0.2, 0.25) is 11.8 Å². The molecule has 3 heterocycles. The molecule has 12 nitrogen and oxygen atoms in total. The molecule has 1 saturated heterocycles. The summed E-state index contributed by atoms with van der Waals surface area (Å²) in [5.41, 5.74) is 7.50. The van der Waals surface area contributed by atoms with Crippen LogP contribution in [0.25, 0.3) is 11.2 Å². The van der Waals surface area contributed by atoms with E-state index in [4.69, 9.17) is 15.2 Å². The molecule has 0 aliphatic carbocycles. The Labute approximate surface area is 170 Å². The molecule has 12 heteroatoms. The van der Waals surface area contributed by atoms with E-state index in [0.717, 1.165) is 5.56 Å². The van der Waals surface area contributed by atoms with Crippen LogP contribution >= 0.6 is 0 Å². The third-order valence-electron chi connectivity index (χ3n) is 4.88. The SMILES string of the molecule is Nc1nc(OCCc2ccc([N+](=O)[O-])cc2)c2ncn([C@@H]3C[C@H](O)[C@@H](CO)O3)c2n1. The van der Waals surface area contributed by atoms with Gasteiger partial charge >= 0.3 is 0 Å². The fourth-order valence-electron chi connectivity index (χ4n) is 3.32. The maximum atomic E-state index is 10.7. The van der Waals surface area contributed by atoms with Gasteiger partial charge in [-0.05, 0) is 5.56 Å². The predicted molar refractivity (Wildman–Crippen MR) is 104 cm³/mol. The minimum absolute atomic E-state index is 0.00756. The largest absolute Gasteiger partial charge is 0.476 e. The lowest BCUT2D eigenvalue weighted by atomic mass is 10.1. The lowest BCUT2D eigenvalue weighted by molar-refractivity contribution is -0.384. The van der Waals surface area contributed by atoms with Crippen LogP contribution < -0.4 is 10.5 Å². The number of aromatic nitrogens is 4. The zero-order valence-corrected chi connectivity index (χ0v) is 15.8. The summed E-state index contributed by atoms with van der Waals surface area (Å²) in [7, 11) is 0. The van der Waals surface area contributed by atoms with Crippen molar-refractivity contribution in [3.63, 3.8) is 0 Å². The minimum atomic E-state index is -0.797. The molecule has 0 unspecified atom stereocenters. The Hall–Kier alpha value is -3.35. The molecule has 2 aromatic heterocycles. The van der Waals surface area contributed by atoms with Crippen molar-refractivity contribution in [3.05, 3.63) is 46.3 Å². The number of hydrogen-bond donors (Lipinski definition) is 3. The van der Waals surface area contributed by atoms with Crippen molar-refractivity contribution in [3.8, 4) is 5.88 Å². The van der Waals surface area contributed by atoms with Crippen molar-refractivity contribution in [2.45, 2.75) is 31.3 Å². The van der Waals surface area contributed by atoms with Gasteiger partial charge in [-0.25, -0.2) is 4.98 Å². The Morgan fingerprint density at radius 3 is 2.77 bits per heavy atom. The van der Waals surface area contributed by atoms with E-state index in [2.05, 4.69) is 15.0 Å². The highest BCUT2D eigenvalue weighted by atomic mass is 16.6. The third-order valence-corrected chi connectivity index (χ3v) is 4.88. The number of nitrogens with two attached hydrogens (primary N) is 1. The molecular formula is C18H20N6O6. The summed E-state index contributed by atoms with van der Waals surface area (Å²) in [4.78, 5) is 22.9. The zero-order valence-electron chi connectivity index (χ0n) is 15.8. The molecule has 1 aliphatic heterocycles. The molecule has 1 fully saturated rings. The van der Waals surface area contributed by atoms with Gasteiger partial charge in [0.05, 0.1) is 30.6 Å². The van der Waals surface area contributed by atoms with Gasteiger partial charge in [-0.3, -0.25) is 14.7 Å². The van der Waals surface area contributed by atoms with Gasteiger partial charge in [0, 0.05) is 25.0 Å². The Kier molecular flexibility index (Phi) is 5.44. The summed E-state index contributed by atoms with van der Waals surface area (Å²) in [5, 5.41) is 30.0. The van der Waals surface area contributed by atoms with Crippen molar-refractivity contribution in [2.75, 3.05) is 18.9 Å². The summed E-state index contributed by atoms with van der Waals surface area (Å²) in [6.07, 6.45) is 0.249. The molecule has 1 aliphatic rings. The average molecular weight is 416 g/mol. The highest BCUT2D eigenvalue weighted by Gasteiger charge is 2.35. The van der Waals surface area contributed by atoms with Crippen molar-refractivity contribution in [1.82, 2.24) is 19.5 Å². The Morgan fingerprint density at radius 1 is 1.33 bits per heavy atom. The summed E-state index contributed by atoms with van der Waals surface area (Å²) < 4.78 is 13.0. The van der Waals surface area contributed by atoms with Crippen molar-refractivity contribution < 1.29 is 24.6 Å². The van der Waals surface area contributed by atoms with E-state index in [9.17, 15) is 20.3 Å². The van der Waals surface area contributed by atoms with Crippen LogP contribution in [0, 0.1) is 10.1 Å². The highest BCUT2D eigenvalue weighted by molar-refractivity contribution is 5.77. The number of nitrogens with zero attached hydrogens (tertiary/aromatic N) is 5. The van der Waals surface area contributed by atoms with Crippen LogP contribution in [0.2, 0.25) is 0 Å². The standard InChI is InChI=1S/C18H20N6O6/c19-18-21-16-15(20-9-23(16)14-7-12(26)13(8-25)30-14)17(22-18)29-6-5-10-1-3-11(4-2-10)24(27)28/h1-4,9,12-14,25-26H,5-8H2,(H2,19,21,22)/t12-,13+,14-/m0/s1. The molecule has 158 valence electrons. The summed E-state index contributed by atoms with van der Waals surface area (Å²) >= 11 is 0. The molecule has 0 saturated carbocycles. The number of nitro groups is 1. The summed E-state index contributed by atoms with van der Waals surface area (Å²) in [6.45, 7) is -0.0418. The average Bonchev–Trinajstić information content (AvgIpc) is 3.31. The van der Waals surface area contributed by atoms with Crippen LogP contribution in [-0.4, -0.2) is 60.1 Å². The molecule has 3 atom stereocenters. The van der Waals surface area contributed by atoms with E-state index in [1.807, 2.05) is 0 Å². The lowest BCUT2D eigenvalue weighted by Crippen LogP contribution is -2.24. The van der Waals surface area contributed by atoms with Crippen LogP contribution in [0.4, 0.5) is 11.6 Å². The monoisotopic (exact) mass is 416 g/mol. The van der Waals surface area contributed by atoms with Gasteiger partial charge in [-0.2, -0.15) is 9.97 Å². The van der Waals surface area contributed by atoms with Gasteiger partial charge < -0.3 is 25.4 Å². The lowest BCUT2D eigenvalue weighted by Gasteiger charge is -2.14. The van der Waals surface area contributed by atoms with E-state index in [0.29, 0.717) is 17.6 Å². The number of hydrogen-bond acceptors (Lipinski definition) is 10. The van der Waals surface area contributed by atoms with Gasteiger partial charge in [0.1, 0.15) is 12.3 Å². The molecule has 3 aromatic rings. The first kappa shape index (κ1) is 19.9. The van der Waals surface area contributed by atoms with Crippen LogP contribution in [-0.2, 0) is 11.2 Å². The number of ether oxygens (including phenoxy) is 2. The van der Waals surface area contributed by atoms with Crippen molar-refractivity contribution >= 4 is 22.8 Å². The van der Waals surface area contributed by atoms with Crippen LogP contribution in [0.5, 0.6) is 5.88 Å². The Bertz CT molecular complexity index is 1060. The summed E-state index contributed by atoms with van der Waals surface area (Å²) in [6, 6.07) is 6.21. The van der Waals surface area contributed by atoms with Gasteiger partial charge in [-0.1, -0.05) is 12.1 Å². The van der Waals surface area contributed by atoms with Crippen molar-refractivity contribution in [2.24, 2.45) is 0 Å². The van der Waals surface area contributed by atoms with Gasteiger partial charge in [0.25, 0.3) is 5.69 Å². The third kappa shape index (κ3) is 3.87. The van der Waals surface area contributed by atoms with Crippen molar-refractivity contribution in [1.29, 1.82) is 0 Å². The summed E-state index contributed by atoms with van der Waals surface area (Å²) in [5.74, 6) is 0.197. The van der Waals surface area contributed by atoms with Crippen LogP contribution in [0.3, 0.4) is 0 Å². The molecule has 0 bridgehead atoms. The number of imidazole rings is 1. The first-order valence-corrected chi connectivity index (χ1v) is 9.27. The number of nitro benzene ring substituents is 1. The zero-order chi connectivity index (χ0) is 21.3. The number of aliphatic hydroxyl groups excluding tert-OH is 2. The predicted octanol–water partition coefficient (Wildman–Crippen LogP) is 0.579. The number of non-ortho nitro benzene ring substituents is 1. The molecular weight excluding hydrogens is 396 g/mol. The van der Waals surface area contributed by atoms with Crippen LogP contribution in [0.1, 0.15) is 18.2 Å². The number of benzene rings is 1. The molecule has 4 N–H and O–H groups in total. The van der Waals surface area contributed by atoms with Gasteiger partial charge in [-0.15, -0.1) is 0 Å². The molecule has 0 amide bonds. The first-order valence-electron chi connectivity index (χ1n) is 9.27. The topological polar surface area (TPSA) is 172 Å². The molecule has 0 spiro atoms. The van der Waals surface area contributed by atoms with Crippen LogP contribution in [0.15, 0.2) is 30.6 Å². The highest BCUT2D eigenvalue weighted by Crippen LogP contribution is 2.32. The first-order chi connectivity index (χ1) is 14.5. The molecule has 30 heavy (non-hydrogen) atoms. The number of fused-ring (bicyclic) bond motifs is 1. The van der Waals surface area contributed by atoms with E-state index >= 15 is 0 Å². The minimum Gasteiger partial charge on any atom is -0.476 e. The van der Waals surface area contributed by atoms with Gasteiger partial charge in [0.15, 0.2) is 11.2 Å². The number of rotatable bonds is 7. The molecule has 1 aromatic carbocycles. The Balaban J connectivity index is 1.49. The number of aliphatic hydroxyl groups is 2. The fraction of sp³-hybridized carbons (Fsp3) is 0.389. The van der Waals surface area contributed by atoms with E-state index in [-0.39, 0.29) is 37.2 Å². The normalized spacial score (nSPS) is 21.2. The number of anilines is 1. The maximum Gasteiger partial charge on any atom is 0.269 e. The fourth-order valence-corrected chi connectivity index (χ4v) is 3.32. The second-order valence-corrected chi connectivity index (χ2v) is 6.85. The van der Waals surface area contributed by atoms with E-state index in [1.54, 1.807) is 16.7 Å². The van der Waals surface area contributed by atoms with E-state index < -0.39 is 23.4 Å².